The maximum Gasteiger partial charge on any atom is 0.141 e. The number of carbonyl (C=O) groups is 1. The Balaban J connectivity index is 1.20. The van der Waals surface area contributed by atoms with E-state index in [1.807, 2.05) is 30.6 Å². The molecule has 0 atom stereocenters. The van der Waals surface area contributed by atoms with Gasteiger partial charge in [-0.3, -0.25) is 19.7 Å². The molecule has 4 heterocycles. The summed E-state index contributed by atoms with van der Waals surface area (Å²) in [6.45, 7) is 2.16. The highest BCUT2D eigenvalue weighted by Crippen LogP contribution is 2.32. The van der Waals surface area contributed by atoms with E-state index in [2.05, 4.69) is 14.9 Å². The molecule has 3 aromatic rings. The second kappa shape index (κ2) is 8.47. The topological polar surface area (TPSA) is 59.0 Å². The summed E-state index contributed by atoms with van der Waals surface area (Å²) in [7, 11) is 0. The van der Waals surface area contributed by atoms with Gasteiger partial charge in [-0.1, -0.05) is 0 Å². The zero-order valence-electron chi connectivity index (χ0n) is 16.8. The number of carbonyl (C=O) groups excluding carboxylic acids is 1. The number of fused-ring (bicyclic) bond motifs is 1. The number of alkyl halides is 1. The first-order valence-electron chi connectivity index (χ1n) is 10.7. The van der Waals surface area contributed by atoms with E-state index in [-0.39, 0.29) is 11.7 Å². The van der Waals surface area contributed by atoms with Crippen LogP contribution in [0.3, 0.4) is 0 Å². The fourth-order valence-electron chi connectivity index (χ4n) is 4.65. The third-order valence-corrected chi connectivity index (χ3v) is 7.20. The number of thiazole rings is 1. The monoisotopic (exact) mass is 424 g/mol. The van der Waals surface area contributed by atoms with Crippen LogP contribution < -0.4 is 0 Å². The average Bonchev–Trinajstić information content (AvgIpc) is 3.27. The molecule has 156 valence electrons. The van der Waals surface area contributed by atoms with Crippen LogP contribution in [0, 0.1) is 11.8 Å². The van der Waals surface area contributed by atoms with Crippen molar-refractivity contribution < 1.29 is 9.18 Å². The predicted octanol–water partition coefficient (Wildman–Crippen LogP) is 4.33. The number of Topliss-reactive ketones (excluding diaryl/α,β-unsaturated/α-hetero) is 1. The molecule has 1 aliphatic heterocycles. The quantitative estimate of drug-likeness (QED) is 0.590. The molecule has 5 nitrogen and oxygen atoms in total. The van der Waals surface area contributed by atoms with Gasteiger partial charge in [-0.15, -0.1) is 11.3 Å². The smallest absolute Gasteiger partial charge is 0.141 e. The summed E-state index contributed by atoms with van der Waals surface area (Å²) in [5, 5.41) is 0.974. The predicted molar refractivity (Wildman–Crippen MR) is 116 cm³/mol. The van der Waals surface area contributed by atoms with Crippen LogP contribution >= 0.6 is 11.3 Å². The molecule has 7 heteroatoms. The Bertz CT molecular complexity index is 1030. The van der Waals surface area contributed by atoms with Crippen molar-refractivity contribution in [2.45, 2.75) is 38.3 Å². The molecule has 1 aliphatic carbocycles. The van der Waals surface area contributed by atoms with Crippen molar-refractivity contribution in [2.75, 3.05) is 19.6 Å². The van der Waals surface area contributed by atoms with Crippen molar-refractivity contribution in [1.82, 2.24) is 19.9 Å². The Morgan fingerprint density at radius 1 is 1.17 bits per heavy atom. The molecule has 0 N–H and O–H groups in total. The van der Waals surface area contributed by atoms with Crippen molar-refractivity contribution in [2.24, 2.45) is 11.8 Å². The number of halogens is 1. The van der Waals surface area contributed by atoms with Crippen molar-refractivity contribution >= 4 is 28.0 Å². The van der Waals surface area contributed by atoms with Gasteiger partial charge in [0.05, 0.1) is 21.6 Å². The van der Waals surface area contributed by atoms with Crippen molar-refractivity contribution in [3.05, 3.63) is 41.8 Å². The van der Waals surface area contributed by atoms with Crippen LogP contribution in [0.5, 0.6) is 0 Å². The Morgan fingerprint density at radius 3 is 2.73 bits per heavy atom. The van der Waals surface area contributed by atoms with Crippen molar-refractivity contribution in [3.8, 4) is 10.6 Å². The highest BCUT2D eigenvalue weighted by molar-refractivity contribution is 7.13. The number of ketones is 1. The molecule has 0 spiro atoms. The fraction of sp³-hybridized carbons (Fsp3) is 0.478. The summed E-state index contributed by atoms with van der Waals surface area (Å²) in [5.41, 5.74) is 4.35. The van der Waals surface area contributed by atoms with E-state index in [4.69, 9.17) is 4.98 Å². The third-order valence-electron chi connectivity index (χ3n) is 6.40. The van der Waals surface area contributed by atoms with E-state index in [9.17, 15) is 9.18 Å². The summed E-state index contributed by atoms with van der Waals surface area (Å²) in [5.74, 6) is 1.02. The van der Waals surface area contributed by atoms with Gasteiger partial charge in [-0.2, -0.15) is 0 Å². The molecule has 30 heavy (non-hydrogen) atoms. The zero-order chi connectivity index (χ0) is 20.5. The van der Waals surface area contributed by atoms with E-state index in [1.165, 1.54) is 0 Å². The van der Waals surface area contributed by atoms with Crippen LogP contribution in [0.25, 0.3) is 21.5 Å². The van der Waals surface area contributed by atoms with Crippen LogP contribution in [0.15, 0.2) is 36.1 Å². The van der Waals surface area contributed by atoms with Crippen molar-refractivity contribution in [3.63, 3.8) is 0 Å². The lowest BCUT2D eigenvalue weighted by Gasteiger charge is -2.38. The molecule has 0 aromatic carbocycles. The summed E-state index contributed by atoms with van der Waals surface area (Å²) in [4.78, 5) is 29.5. The number of nitrogens with zero attached hydrogens (tertiary/aromatic N) is 4. The van der Waals surface area contributed by atoms with Gasteiger partial charge in [0.15, 0.2) is 0 Å². The minimum Gasteiger partial charge on any atom is -0.299 e. The normalized spacial score (nSPS) is 22.8. The van der Waals surface area contributed by atoms with E-state index >= 15 is 0 Å². The van der Waals surface area contributed by atoms with E-state index in [0.717, 1.165) is 59.4 Å². The molecule has 0 bridgehead atoms. The van der Waals surface area contributed by atoms with E-state index in [1.54, 1.807) is 16.8 Å². The standard InChI is InChI=1S/C23H25FN4OS/c24-18-12-28(13-18)11-15-1-3-16(4-2-15)22(29)8-19-7-21-17(9-26-19)5-6-20(27-21)23-10-25-14-30-23/h5-7,9-10,14-16,18H,1-4,8,11-13H2. The molecule has 2 aliphatic rings. The first-order chi connectivity index (χ1) is 14.6. The van der Waals surface area contributed by atoms with Gasteiger partial charge in [0.2, 0.25) is 0 Å². The average molecular weight is 425 g/mol. The number of hydrogen-bond donors (Lipinski definition) is 0. The summed E-state index contributed by atoms with van der Waals surface area (Å²) < 4.78 is 13.0. The van der Waals surface area contributed by atoms with Gasteiger partial charge in [0.25, 0.3) is 0 Å². The molecule has 2 fully saturated rings. The Morgan fingerprint density at radius 2 is 2.00 bits per heavy atom. The minimum atomic E-state index is -0.634. The number of likely N-dealkylation sites (tertiary alicyclic amines) is 1. The Kier molecular flexibility index (Phi) is 5.56. The van der Waals surface area contributed by atoms with E-state index in [0.29, 0.717) is 25.4 Å². The Hall–Kier alpha value is -2.25. The highest BCUT2D eigenvalue weighted by Gasteiger charge is 2.31. The van der Waals surface area contributed by atoms with Crippen LogP contribution in [0.2, 0.25) is 0 Å². The second-order valence-electron chi connectivity index (χ2n) is 8.61. The van der Waals surface area contributed by atoms with Crippen molar-refractivity contribution in [1.29, 1.82) is 0 Å². The molecule has 1 saturated carbocycles. The molecule has 5 rings (SSSR count). The lowest BCUT2D eigenvalue weighted by molar-refractivity contribution is -0.123. The maximum atomic E-state index is 13.0. The number of aromatic nitrogens is 3. The van der Waals surface area contributed by atoms with Gasteiger partial charge in [0.1, 0.15) is 12.0 Å². The van der Waals surface area contributed by atoms with Crippen LogP contribution in [-0.4, -0.2) is 51.4 Å². The number of rotatable bonds is 6. The summed E-state index contributed by atoms with van der Waals surface area (Å²) >= 11 is 1.56. The molecular formula is C23H25FN4OS. The third kappa shape index (κ3) is 4.27. The highest BCUT2D eigenvalue weighted by atomic mass is 32.1. The summed E-state index contributed by atoms with van der Waals surface area (Å²) in [6.07, 6.45) is 7.37. The first-order valence-corrected chi connectivity index (χ1v) is 11.6. The van der Waals surface area contributed by atoms with Gasteiger partial charge in [0, 0.05) is 55.4 Å². The second-order valence-corrected chi connectivity index (χ2v) is 9.49. The minimum absolute atomic E-state index is 0.126. The zero-order valence-corrected chi connectivity index (χ0v) is 17.7. The van der Waals surface area contributed by atoms with Crippen LogP contribution in [0.4, 0.5) is 4.39 Å². The molecule has 0 radical (unpaired) electrons. The van der Waals surface area contributed by atoms with Crippen LogP contribution in [-0.2, 0) is 11.2 Å². The van der Waals surface area contributed by atoms with Gasteiger partial charge >= 0.3 is 0 Å². The van der Waals surface area contributed by atoms with Gasteiger partial charge in [-0.05, 0) is 49.8 Å². The molecular weight excluding hydrogens is 399 g/mol. The SMILES string of the molecule is O=C(Cc1cc2nc(-c3cncs3)ccc2cn1)C1CCC(CN2CC(F)C2)CC1. The largest absolute Gasteiger partial charge is 0.299 e. The fourth-order valence-corrected chi connectivity index (χ4v) is 5.24. The Labute approximate surface area is 179 Å². The number of pyridine rings is 2. The molecule has 0 amide bonds. The number of hydrogen-bond acceptors (Lipinski definition) is 6. The molecule has 1 saturated heterocycles. The maximum absolute atomic E-state index is 13.0. The lowest BCUT2D eigenvalue weighted by atomic mass is 9.78. The summed E-state index contributed by atoms with van der Waals surface area (Å²) in [6, 6.07) is 5.94. The van der Waals surface area contributed by atoms with E-state index < -0.39 is 6.17 Å². The molecule has 0 unspecified atom stereocenters. The van der Waals surface area contributed by atoms with Gasteiger partial charge < -0.3 is 0 Å². The van der Waals surface area contributed by atoms with Crippen LogP contribution in [0.1, 0.15) is 31.4 Å². The van der Waals surface area contributed by atoms with Gasteiger partial charge in [-0.25, -0.2) is 9.37 Å². The first kappa shape index (κ1) is 19.7. The lowest BCUT2D eigenvalue weighted by Crippen LogP contribution is -2.50. The molecule has 3 aromatic heterocycles.